The van der Waals surface area contributed by atoms with Gasteiger partial charge in [-0.3, -0.25) is 9.47 Å². The molecule has 3 heterocycles. The quantitative estimate of drug-likeness (QED) is 0.575. The van der Waals surface area contributed by atoms with Crippen LogP contribution >= 0.6 is 0 Å². The molecule has 0 aliphatic carbocycles. The number of nitriles is 1. The van der Waals surface area contributed by atoms with E-state index in [0.717, 1.165) is 24.1 Å². The van der Waals surface area contributed by atoms with Crippen LogP contribution in [-0.4, -0.2) is 51.2 Å². The third-order valence-corrected chi connectivity index (χ3v) is 6.92. The molecule has 1 aliphatic rings. The SMILES string of the molecule is CC[C@@H]1CN(c2nc(=O)n(C)c3ccc(C#N)nc23)C(C)CN1C(CN)c1ccc(C(F)(F)F)cc1. The van der Waals surface area contributed by atoms with Crippen molar-refractivity contribution in [1.82, 2.24) is 19.4 Å². The van der Waals surface area contributed by atoms with Gasteiger partial charge in [-0.2, -0.15) is 23.4 Å². The molecule has 11 heteroatoms. The smallest absolute Gasteiger partial charge is 0.349 e. The number of aromatic nitrogens is 3. The molecule has 0 saturated carbocycles. The van der Waals surface area contributed by atoms with Crippen LogP contribution in [0, 0.1) is 11.3 Å². The maximum absolute atomic E-state index is 13.0. The number of piperazine rings is 1. The molecule has 36 heavy (non-hydrogen) atoms. The van der Waals surface area contributed by atoms with Gasteiger partial charge in [0.1, 0.15) is 17.3 Å². The first-order valence-corrected chi connectivity index (χ1v) is 11.8. The molecule has 2 aromatic heterocycles. The number of halogens is 3. The van der Waals surface area contributed by atoms with Crippen LogP contribution in [0.25, 0.3) is 11.0 Å². The van der Waals surface area contributed by atoms with Crippen molar-refractivity contribution in [3.8, 4) is 6.07 Å². The zero-order valence-corrected chi connectivity index (χ0v) is 20.3. The van der Waals surface area contributed by atoms with E-state index in [1.807, 2.05) is 24.8 Å². The second-order valence-corrected chi connectivity index (χ2v) is 9.08. The van der Waals surface area contributed by atoms with Gasteiger partial charge < -0.3 is 10.6 Å². The van der Waals surface area contributed by atoms with Crippen molar-refractivity contribution in [3.63, 3.8) is 0 Å². The van der Waals surface area contributed by atoms with Crippen LogP contribution in [0.3, 0.4) is 0 Å². The van der Waals surface area contributed by atoms with E-state index >= 15 is 0 Å². The van der Waals surface area contributed by atoms with Gasteiger partial charge in [-0.1, -0.05) is 19.1 Å². The highest BCUT2D eigenvalue weighted by Gasteiger charge is 2.37. The Morgan fingerprint density at radius 1 is 1.17 bits per heavy atom. The van der Waals surface area contributed by atoms with Gasteiger partial charge in [-0.05, 0) is 43.2 Å². The number of rotatable bonds is 5. The third kappa shape index (κ3) is 4.66. The number of aryl methyl sites for hydroxylation is 1. The van der Waals surface area contributed by atoms with E-state index in [4.69, 9.17) is 5.73 Å². The van der Waals surface area contributed by atoms with Crippen LogP contribution in [0.2, 0.25) is 0 Å². The molecule has 8 nitrogen and oxygen atoms in total. The highest BCUT2D eigenvalue weighted by molar-refractivity contribution is 5.86. The third-order valence-electron chi connectivity index (χ3n) is 6.92. The summed E-state index contributed by atoms with van der Waals surface area (Å²) in [5.74, 6) is 0.426. The summed E-state index contributed by atoms with van der Waals surface area (Å²) in [6, 6.07) is 10.1. The normalized spacial score (nSPS) is 19.9. The molecule has 1 fully saturated rings. The van der Waals surface area contributed by atoms with E-state index in [9.17, 15) is 23.2 Å². The highest BCUT2D eigenvalue weighted by atomic mass is 19.4. The van der Waals surface area contributed by atoms with Crippen LogP contribution in [0.5, 0.6) is 0 Å². The van der Waals surface area contributed by atoms with Crippen molar-refractivity contribution in [1.29, 1.82) is 5.26 Å². The molecular formula is C25H28F3N7O. The van der Waals surface area contributed by atoms with Crippen molar-refractivity contribution in [3.05, 3.63) is 63.7 Å². The maximum Gasteiger partial charge on any atom is 0.416 e. The molecular weight excluding hydrogens is 471 g/mol. The average molecular weight is 500 g/mol. The average Bonchev–Trinajstić information content (AvgIpc) is 2.86. The van der Waals surface area contributed by atoms with Crippen LogP contribution in [0.1, 0.15) is 43.1 Å². The van der Waals surface area contributed by atoms with Crippen LogP contribution in [0.4, 0.5) is 19.0 Å². The lowest BCUT2D eigenvalue weighted by atomic mass is 9.97. The number of fused-ring (bicyclic) bond motifs is 1. The summed E-state index contributed by atoms with van der Waals surface area (Å²) in [4.78, 5) is 25.7. The molecule has 190 valence electrons. The molecule has 0 spiro atoms. The zero-order valence-electron chi connectivity index (χ0n) is 20.3. The zero-order chi connectivity index (χ0) is 26.2. The summed E-state index contributed by atoms with van der Waals surface area (Å²) in [7, 11) is 1.61. The van der Waals surface area contributed by atoms with Gasteiger partial charge in [0.05, 0.1) is 11.1 Å². The van der Waals surface area contributed by atoms with Gasteiger partial charge in [0.2, 0.25) is 0 Å². The first kappa shape index (κ1) is 25.6. The molecule has 1 aromatic carbocycles. The van der Waals surface area contributed by atoms with E-state index in [-0.39, 0.29) is 30.4 Å². The Labute approximate surface area is 206 Å². The van der Waals surface area contributed by atoms with Gasteiger partial charge >= 0.3 is 11.9 Å². The van der Waals surface area contributed by atoms with Crippen molar-refractivity contribution in [2.75, 3.05) is 24.5 Å². The first-order chi connectivity index (χ1) is 17.1. The van der Waals surface area contributed by atoms with Gasteiger partial charge in [0.25, 0.3) is 0 Å². The molecule has 0 bridgehead atoms. The van der Waals surface area contributed by atoms with Crippen molar-refractivity contribution in [2.24, 2.45) is 12.8 Å². The first-order valence-electron chi connectivity index (χ1n) is 11.8. The van der Waals surface area contributed by atoms with Gasteiger partial charge in [0.15, 0.2) is 5.82 Å². The Bertz CT molecular complexity index is 1350. The van der Waals surface area contributed by atoms with Crippen LogP contribution in [-0.2, 0) is 13.2 Å². The Morgan fingerprint density at radius 3 is 2.44 bits per heavy atom. The monoisotopic (exact) mass is 499 g/mol. The second kappa shape index (κ2) is 9.87. The minimum absolute atomic E-state index is 0.00268. The molecule has 3 atom stereocenters. The topological polar surface area (TPSA) is 104 Å². The minimum atomic E-state index is -4.40. The summed E-state index contributed by atoms with van der Waals surface area (Å²) in [5.41, 5.74) is 7.03. The lowest BCUT2D eigenvalue weighted by Crippen LogP contribution is -2.59. The van der Waals surface area contributed by atoms with E-state index in [0.29, 0.717) is 29.9 Å². The predicted molar refractivity (Wildman–Crippen MR) is 130 cm³/mol. The second-order valence-electron chi connectivity index (χ2n) is 9.08. The number of hydrogen-bond donors (Lipinski definition) is 1. The Balaban J connectivity index is 1.69. The number of benzene rings is 1. The summed E-state index contributed by atoms with van der Waals surface area (Å²) in [6.45, 7) is 5.35. The molecule has 2 unspecified atom stereocenters. The molecule has 4 rings (SSSR count). The number of alkyl halides is 3. The minimum Gasteiger partial charge on any atom is -0.349 e. The van der Waals surface area contributed by atoms with E-state index in [1.165, 1.54) is 16.7 Å². The lowest BCUT2D eigenvalue weighted by Gasteiger charge is -2.48. The number of hydrogen-bond acceptors (Lipinski definition) is 7. The maximum atomic E-state index is 13.0. The van der Waals surface area contributed by atoms with Crippen LogP contribution < -0.4 is 16.3 Å². The highest BCUT2D eigenvalue weighted by Crippen LogP contribution is 2.34. The van der Waals surface area contributed by atoms with Gasteiger partial charge in [-0.25, -0.2) is 9.78 Å². The van der Waals surface area contributed by atoms with Crippen molar-refractivity contribution in [2.45, 2.75) is 44.6 Å². The predicted octanol–water partition coefficient (Wildman–Crippen LogP) is 3.21. The van der Waals surface area contributed by atoms with Gasteiger partial charge in [-0.15, -0.1) is 0 Å². The largest absolute Gasteiger partial charge is 0.416 e. The Hall–Kier alpha value is -3.49. The molecule has 1 aliphatic heterocycles. The van der Waals surface area contributed by atoms with Crippen molar-refractivity contribution < 1.29 is 13.2 Å². The fraction of sp³-hybridized carbons (Fsp3) is 0.440. The Morgan fingerprint density at radius 2 is 1.86 bits per heavy atom. The number of nitrogens with two attached hydrogens (primary N) is 1. The van der Waals surface area contributed by atoms with Crippen molar-refractivity contribution >= 4 is 16.9 Å². The summed E-state index contributed by atoms with van der Waals surface area (Å²) in [6.07, 6.45) is -3.65. The molecule has 3 aromatic rings. The van der Waals surface area contributed by atoms with Gasteiger partial charge in [0, 0.05) is 44.8 Å². The lowest BCUT2D eigenvalue weighted by molar-refractivity contribution is -0.137. The van der Waals surface area contributed by atoms with Crippen LogP contribution in [0.15, 0.2) is 41.2 Å². The summed E-state index contributed by atoms with van der Waals surface area (Å²) in [5, 5.41) is 9.35. The number of pyridine rings is 1. The molecule has 0 amide bonds. The van der Waals surface area contributed by atoms with E-state index in [1.54, 1.807) is 19.2 Å². The van der Waals surface area contributed by atoms with E-state index < -0.39 is 17.4 Å². The molecule has 0 radical (unpaired) electrons. The standard InChI is InChI=1S/C25H28F3N7O/c1-4-19-14-34(23-22-20(33(3)24(36)32-23)10-9-18(11-29)31-22)15(2)13-35(19)21(12-30)16-5-7-17(8-6-16)25(26,27)28/h5-10,15,19,21H,4,12-14,30H2,1-3H3/t15?,19-,21?/m1/s1. The Kier molecular flexibility index (Phi) is 7.02. The summed E-state index contributed by atoms with van der Waals surface area (Å²) >= 11 is 0. The van der Waals surface area contributed by atoms with E-state index in [2.05, 4.69) is 14.9 Å². The number of nitrogens with zero attached hydrogens (tertiary/aromatic N) is 6. The summed E-state index contributed by atoms with van der Waals surface area (Å²) < 4.78 is 40.5. The fourth-order valence-corrected chi connectivity index (χ4v) is 4.93. The molecule has 2 N–H and O–H groups in total. The number of anilines is 1. The molecule has 1 saturated heterocycles. The fourth-order valence-electron chi connectivity index (χ4n) is 4.93.